The monoisotopic (exact) mass is 213 g/mol. The van der Waals surface area contributed by atoms with Crippen molar-refractivity contribution in [2.45, 2.75) is 45.9 Å². The van der Waals surface area contributed by atoms with Gasteiger partial charge in [0.1, 0.15) is 6.10 Å². The zero-order valence-electron chi connectivity index (χ0n) is 9.28. The summed E-state index contributed by atoms with van der Waals surface area (Å²) in [6.45, 7) is 8.17. The van der Waals surface area contributed by atoms with Gasteiger partial charge in [0.25, 0.3) is 0 Å². The van der Waals surface area contributed by atoms with Gasteiger partial charge < -0.3 is 10.5 Å². The van der Waals surface area contributed by atoms with E-state index < -0.39 is 0 Å². The van der Waals surface area contributed by atoms with Gasteiger partial charge in [0.2, 0.25) is 0 Å². The fourth-order valence-electron chi connectivity index (χ4n) is 1.39. The minimum Gasteiger partial charge on any atom is -0.368 e. The van der Waals surface area contributed by atoms with Gasteiger partial charge in [0.05, 0.1) is 6.10 Å². The third kappa shape index (κ3) is 2.80. The fourth-order valence-corrected chi connectivity index (χ4v) is 2.47. The van der Waals surface area contributed by atoms with Gasteiger partial charge in [-0.2, -0.15) is 0 Å². The number of hydrogen-bond acceptors (Lipinski definition) is 3. The van der Waals surface area contributed by atoms with E-state index in [1.807, 2.05) is 20.8 Å². The summed E-state index contributed by atoms with van der Waals surface area (Å²) in [5.41, 5.74) is 7.20. The molecule has 1 heterocycles. The van der Waals surface area contributed by atoms with Gasteiger partial charge in [-0.15, -0.1) is 11.3 Å². The third-order valence-corrected chi connectivity index (χ3v) is 3.14. The molecule has 2 unspecified atom stereocenters. The Bertz CT molecular complexity index is 281. The SMILES string of the molecule is Cc1ccsc1C(OC(C)C)C(C)N. The second-order valence-electron chi connectivity index (χ2n) is 3.93. The second kappa shape index (κ2) is 4.91. The Labute approximate surface area is 90.1 Å². The molecule has 14 heavy (non-hydrogen) atoms. The zero-order valence-corrected chi connectivity index (χ0v) is 10.1. The molecule has 2 N–H and O–H groups in total. The molecule has 0 bridgehead atoms. The van der Waals surface area contributed by atoms with Gasteiger partial charge >= 0.3 is 0 Å². The molecular weight excluding hydrogens is 194 g/mol. The lowest BCUT2D eigenvalue weighted by Gasteiger charge is -2.23. The summed E-state index contributed by atoms with van der Waals surface area (Å²) in [6.07, 6.45) is 0.252. The van der Waals surface area contributed by atoms with Gasteiger partial charge in [0, 0.05) is 10.9 Å². The van der Waals surface area contributed by atoms with Gasteiger partial charge in [0.15, 0.2) is 0 Å². The van der Waals surface area contributed by atoms with Crippen LogP contribution in [0.1, 0.15) is 37.3 Å². The maximum Gasteiger partial charge on any atom is 0.107 e. The lowest BCUT2D eigenvalue weighted by molar-refractivity contribution is -0.00334. The quantitative estimate of drug-likeness (QED) is 0.834. The third-order valence-electron chi connectivity index (χ3n) is 2.06. The van der Waals surface area contributed by atoms with Crippen molar-refractivity contribution < 1.29 is 4.74 Å². The molecule has 1 rings (SSSR count). The van der Waals surface area contributed by atoms with Crippen LogP contribution in [0.15, 0.2) is 11.4 Å². The Hall–Kier alpha value is -0.380. The summed E-state index contributed by atoms with van der Waals surface area (Å²) in [7, 11) is 0. The van der Waals surface area contributed by atoms with Crippen LogP contribution in [0.4, 0.5) is 0 Å². The van der Waals surface area contributed by atoms with E-state index in [1.54, 1.807) is 11.3 Å². The van der Waals surface area contributed by atoms with Gasteiger partial charge in [-0.05, 0) is 44.7 Å². The Kier molecular flexibility index (Phi) is 4.11. The Morgan fingerprint density at radius 2 is 2.00 bits per heavy atom. The van der Waals surface area contributed by atoms with Crippen molar-refractivity contribution >= 4 is 11.3 Å². The van der Waals surface area contributed by atoms with Crippen LogP contribution in [0.2, 0.25) is 0 Å². The van der Waals surface area contributed by atoms with Crippen molar-refractivity contribution in [2.24, 2.45) is 5.73 Å². The minimum absolute atomic E-state index is 0.0368. The first-order valence-electron chi connectivity index (χ1n) is 4.97. The summed E-state index contributed by atoms with van der Waals surface area (Å²) in [4.78, 5) is 1.26. The van der Waals surface area contributed by atoms with Crippen LogP contribution in [-0.4, -0.2) is 12.1 Å². The highest BCUT2D eigenvalue weighted by Crippen LogP contribution is 2.29. The Morgan fingerprint density at radius 1 is 1.36 bits per heavy atom. The highest BCUT2D eigenvalue weighted by Gasteiger charge is 2.21. The zero-order chi connectivity index (χ0) is 10.7. The lowest BCUT2D eigenvalue weighted by atomic mass is 10.1. The highest BCUT2D eigenvalue weighted by atomic mass is 32.1. The van der Waals surface area contributed by atoms with Crippen molar-refractivity contribution in [3.63, 3.8) is 0 Å². The van der Waals surface area contributed by atoms with E-state index in [4.69, 9.17) is 10.5 Å². The molecule has 0 spiro atoms. The smallest absolute Gasteiger partial charge is 0.107 e. The summed E-state index contributed by atoms with van der Waals surface area (Å²) in [6, 6.07) is 2.15. The van der Waals surface area contributed by atoms with Gasteiger partial charge in [-0.1, -0.05) is 0 Å². The largest absolute Gasteiger partial charge is 0.368 e. The molecule has 0 amide bonds. The predicted octanol–water partition coefficient (Wildman–Crippen LogP) is 2.87. The molecule has 2 nitrogen and oxygen atoms in total. The average Bonchev–Trinajstić information content (AvgIpc) is 2.46. The number of nitrogens with two attached hydrogens (primary N) is 1. The summed E-state index contributed by atoms with van der Waals surface area (Å²) < 4.78 is 5.82. The number of ether oxygens (including phenoxy) is 1. The van der Waals surface area contributed by atoms with E-state index in [-0.39, 0.29) is 18.2 Å². The molecular formula is C11H19NOS. The maximum atomic E-state index is 5.93. The topological polar surface area (TPSA) is 35.2 Å². The van der Waals surface area contributed by atoms with Crippen LogP contribution in [0.25, 0.3) is 0 Å². The number of thiophene rings is 1. The van der Waals surface area contributed by atoms with Crippen molar-refractivity contribution in [3.05, 3.63) is 21.9 Å². The first-order chi connectivity index (χ1) is 6.52. The van der Waals surface area contributed by atoms with E-state index >= 15 is 0 Å². The molecule has 2 atom stereocenters. The minimum atomic E-state index is 0.0368. The molecule has 1 aromatic heterocycles. The highest BCUT2D eigenvalue weighted by molar-refractivity contribution is 7.10. The Morgan fingerprint density at radius 3 is 2.36 bits per heavy atom. The molecule has 0 saturated heterocycles. The molecule has 0 aliphatic carbocycles. The van der Waals surface area contributed by atoms with Crippen LogP contribution < -0.4 is 5.73 Å². The lowest BCUT2D eigenvalue weighted by Crippen LogP contribution is -2.28. The van der Waals surface area contributed by atoms with Crippen LogP contribution in [0.3, 0.4) is 0 Å². The molecule has 1 aromatic rings. The molecule has 0 fully saturated rings. The maximum absolute atomic E-state index is 5.93. The molecule has 0 aliphatic heterocycles. The first-order valence-corrected chi connectivity index (χ1v) is 5.85. The first kappa shape index (κ1) is 11.7. The van der Waals surface area contributed by atoms with E-state index in [1.165, 1.54) is 10.4 Å². The standard InChI is InChI=1S/C11H19NOS/c1-7(2)13-10(9(4)12)11-8(3)5-6-14-11/h5-7,9-10H,12H2,1-4H3. The van der Waals surface area contributed by atoms with Crippen molar-refractivity contribution in [3.8, 4) is 0 Å². The van der Waals surface area contributed by atoms with Crippen molar-refractivity contribution in [1.29, 1.82) is 0 Å². The van der Waals surface area contributed by atoms with E-state index in [0.717, 1.165) is 0 Å². The summed E-state index contributed by atoms with van der Waals surface area (Å²) in [5.74, 6) is 0. The van der Waals surface area contributed by atoms with Gasteiger partial charge in [-0.3, -0.25) is 0 Å². The van der Waals surface area contributed by atoms with Crippen molar-refractivity contribution in [1.82, 2.24) is 0 Å². The van der Waals surface area contributed by atoms with E-state index in [2.05, 4.69) is 18.4 Å². The molecule has 80 valence electrons. The Balaban J connectivity index is 2.83. The molecule has 3 heteroatoms. The predicted molar refractivity (Wildman–Crippen MR) is 61.7 cm³/mol. The molecule has 0 aromatic carbocycles. The van der Waals surface area contributed by atoms with E-state index in [9.17, 15) is 0 Å². The summed E-state index contributed by atoms with van der Waals surface area (Å²) >= 11 is 1.72. The van der Waals surface area contributed by atoms with Crippen molar-refractivity contribution in [2.75, 3.05) is 0 Å². The normalized spacial score (nSPS) is 15.9. The van der Waals surface area contributed by atoms with Crippen LogP contribution >= 0.6 is 11.3 Å². The number of hydrogen-bond donors (Lipinski definition) is 1. The average molecular weight is 213 g/mol. The molecule has 0 saturated carbocycles. The van der Waals surface area contributed by atoms with Gasteiger partial charge in [-0.25, -0.2) is 0 Å². The van der Waals surface area contributed by atoms with Crippen LogP contribution in [-0.2, 0) is 4.74 Å². The molecule has 0 radical (unpaired) electrons. The van der Waals surface area contributed by atoms with E-state index in [0.29, 0.717) is 0 Å². The summed E-state index contributed by atoms with van der Waals surface area (Å²) in [5, 5.41) is 2.09. The second-order valence-corrected chi connectivity index (χ2v) is 4.88. The molecule has 0 aliphatic rings. The fraction of sp³-hybridized carbons (Fsp3) is 0.636. The van der Waals surface area contributed by atoms with Crippen LogP contribution in [0.5, 0.6) is 0 Å². The van der Waals surface area contributed by atoms with Crippen LogP contribution in [0, 0.1) is 6.92 Å². The number of rotatable bonds is 4. The number of aryl methyl sites for hydroxylation is 1.